The molecule has 0 spiro atoms. The average molecular weight is 920 g/mol. The maximum atomic E-state index is 14.3. The molecule has 1 fully saturated rings. The molecule has 1 saturated carbocycles. The van der Waals surface area contributed by atoms with Crippen molar-refractivity contribution in [3.63, 3.8) is 0 Å². The Balaban J connectivity index is 1.57. The normalized spacial score (nSPS) is 22.4. The zero-order valence-electron chi connectivity index (χ0n) is 36.3. The molecule has 6 atom stereocenters. The first-order valence-corrected chi connectivity index (χ1v) is 22.6. The SMILES string of the molecule is C=CCOC12Oc3ccc(Oc4cccc(C=O)c4)cc3C3C(CCCCO)C(CCCCO)C=C(C(=NOCc4ccc([N+](=O)[O-])cc4)CC1N(CCOCCO)C(=O)OCCCl)C32. The summed E-state index contributed by atoms with van der Waals surface area (Å²) in [6, 6.07) is 17.4. The van der Waals surface area contributed by atoms with Crippen LogP contribution in [0.5, 0.6) is 17.2 Å². The molecule has 3 aromatic carbocycles. The van der Waals surface area contributed by atoms with Crippen molar-refractivity contribution < 1.29 is 58.4 Å². The zero-order valence-corrected chi connectivity index (χ0v) is 37.1. The molecule has 6 unspecified atom stereocenters. The van der Waals surface area contributed by atoms with Crippen molar-refractivity contribution in [3.05, 3.63) is 118 Å². The van der Waals surface area contributed by atoms with Gasteiger partial charge in [0.1, 0.15) is 42.8 Å². The summed E-state index contributed by atoms with van der Waals surface area (Å²) in [5, 5.41) is 45.6. The van der Waals surface area contributed by atoms with E-state index in [4.69, 9.17) is 45.3 Å². The van der Waals surface area contributed by atoms with Crippen LogP contribution in [0.2, 0.25) is 0 Å². The maximum Gasteiger partial charge on any atom is 0.410 e. The Kier molecular flexibility index (Phi) is 18.3. The predicted molar refractivity (Wildman–Crippen MR) is 241 cm³/mol. The highest BCUT2D eigenvalue weighted by Crippen LogP contribution is 2.62. The molecule has 1 aliphatic heterocycles. The van der Waals surface area contributed by atoms with Gasteiger partial charge in [-0.1, -0.05) is 42.3 Å². The zero-order chi connectivity index (χ0) is 46.2. The number of aliphatic hydroxyl groups is 3. The summed E-state index contributed by atoms with van der Waals surface area (Å²) in [5.74, 6) is -1.26. The van der Waals surface area contributed by atoms with Crippen LogP contribution in [0.3, 0.4) is 0 Å². The molecule has 1 amide bonds. The van der Waals surface area contributed by atoms with Crippen molar-refractivity contribution in [1.82, 2.24) is 4.90 Å². The minimum atomic E-state index is -1.60. The molecule has 65 heavy (non-hydrogen) atoms. The molecule has 0 radical (unpaired) electrons. The van der Waals surface area contributed by atoms with E-state index in [1.807, 2.05) is 12.1 Å². The van der Waals surface area contributed by atoms with E-state index in [-0.39, 0.29) is 95.1 Å². The number of nitro benzene ring substituents is 1. The van der Waals surface area contributed by atoms with E-state index in [1.165, 1.54) is 17.0 Å². The third-order valence-corrected chi connectivity index (χ3v) is 12.2. The molecule has 3 aliphatic rings. The summed E-state index contributed by atoms with van der Waals surface area (Å²) in [6.45, 7) is 3.81. The van der Waals surface area contributed by atoms with Gasteiger partial charge >= 0.3 is 6.09 Å². The number of nitro groups is 1. The Hall–Kier alpha value is -5.36. The summed E-state index contributed by atoms with van der Waals surface area (Å²) in [6.07, 6.45) is 7.96. The smallest absolute Gasteiger partial charge is 0.410 e. The van der Waals surface area contributed by atoms with Crippen LogP contribution in [-0.4, -0.2) is 114 Å². The van der Waals surface area contributed by atoms with Gasteiger partial charge in [-0.3, -0.25) is 19.8 Å². The maximum absolute atomic E-state index is 14.3. The number of unbranched alkanes of at least 4 members (excludes halogenated alkanes) is 2. The molecule has 17 heteroatoms. The Morgan fingerprint density at radius 3 is 2.46 bits per heavy atom. The van der Waals surface area contributed by atoms with Gasteiger partial charge in [0.15, 0.2) is 0 Å². The summed E-state index contributed by atoms with van der Waals surface area (Å²) < 4.78 is 32.0. The first-order valence-electron chi connectivity index (χ1n) is 22.1. The molecule has 0 bridgehead atoms. The fraction of sp³-hybridized carbons (Fsp3) is 0.479. The Bertz CT molecular complexity index is 2130. The lowest BCUT2D eigenvalue weighted by Crippen LogP contribution is -2.70. The standard InChI is InChI=1S/C48H58ClN3O13/c1-2-23-62-48-44(51(19-25-60-26-22-55)47(57)61-24-18-49)30-42(50-63-32-33-12-14-36(15-13-33)52(58)59)40-28-35(9-3-5-20-53)39(11-4-6-21-54)45(46(40)48)41-29-38(16-17-43(41)65-48)64-37-10-7-8-34(27-37)31-56/h2,7-8,10,12-17,27-29,31,35,39,44-46,53-55H,1,3-6,9,11,18-26,30,32H2. The third-order valence-electron chi connectivity index (χ3n) is 12.1. The van der Waals surface area contributed by atoms with Crippen LogP contribution in [0.1, 0.15) is 72.3 Å². The van der Waals surface area contributed by atoms with Crippen molar-refractivity contribution in [3.8, 4) is 17.2 Å². The second-order valence-electron chi connectivity index (χ2n) is 16.1. The van der Waals surface area contributed by atoms with E-state index in [2.05, 4.69) is 12.7 Å². The van der Waals surface area contributed by atoms with E-state index < -0.39 is 28.8 Å². The van der Waals surface area contributed by atoms with E-state index in [0.717, 1.165) is 30.3 Å². The Labute approximate surface area is 383 Å². The van der Waals surface area contributed by atoms with Crippen LogP contribution in [0, 0.1) is 27.9 Å². The van der Waals surface area contributed by atoms with Crippen molar-refractivity contribution in [2.75, 3.05) is 58.7 Å². The topological polar surface area (TPSA) is 209 Å². The summed E-state index contributed by atoms with van der Waals surface area (Å²) in [4.78, 5) is 44.5. The number of non-ortho nitro benzene ring substituents is 1. The first kappa shape index (κ1) is 49.1. The van der Waals surface area contributed by atoms with E-state index in [1.54, 1.807) is 48.5 Å². The summed E-state index contributed by atoms with van der Waals surface area (Å²) >= 11 is 6.03. The van der Waals surface area contributed by atoms with Gasteiger partial charge < -0.3 is 43.8 Å². The second-order valence-corrected chi connectivity index (χ2v) is 16.5. The third kappa shape index (κ3) is 11.9. The van der Waals surface area contributed by atoms with Crippen molar-refractivity contribution >= 4 is 35.4 Å². The second kappa shape index (κ2) is 24.2. The summed E-state index contributed by atoms with van der Waals surface area (Å²) in [5.41, 5.74) is 3.16. The van der Waals surface area contributed by atoms with Gasteiger partial charge in [-0.15, -0.1) is 18.2 Å². The molecule has 350 valence electrons. The van der Waals surface area contributed by atoms with E-state index in [9.17, 15) is 35.0 Å². The van der Waals surface area contributed by atoms with Crippen molar-refractivity contribution in [1.29, 1.82) is 0 Å². The summed E-state index contributed by atoms with van der Waals surface area (Å²) in [7, 11) is 0. The van der Waals surface area contributed by atoms with Crippen LogP contribution in [0.4, 0.5) is 10.5 Å². The van der Waals surface area contributed by atoms with Gasteiger partial charge in [0.25, 0.3) is 5.69 Å². The number of aldehydes is 1. The van der Waals surface area contributed by atoms with Crippen LogP contribution < -0.4 is 9.47 Å². The lowest BCUT2D eigenvalue weighted by Gasteiger charge is -2.59. The van der Waals surface area contributed by atoms with Crippen LogP contribution >= 0.6 is 11.6 Å². The number of ether oxygens (including phenoxy) is 5. The van der Waals surface area contributed by atoms with Gasteiger partial charge in [-0.2, -0.15) is 0 Å². The number of alkyl halides is 1. The van der Waals surface area contributed by atoms with E-state index >= 15 is 0 Å². The Morgan fingerprint density at radius 1 is 0.985 bits per heavy atom. The number of carbonyl (C=O) groups excluding carboxylic acids is 2. The fourth-order valence-electron chi connectivity index (χ4n) is 9.31. The number of hydrogen-bond acceptors (Lipinski definition) is 14. The number of fused-ring (bicyclic) bond motifs is 2. The van der Waals surface area contributed by atoms with E-state index in [0.29, 0.717) is 59.8 Å². The molecule has 3 aromatic rings. The highest BCUT2D eigenvalue weighted by molar-refractivity contribution is 6.18. The number of rotatable bonds is 26. The molecule has 3 N–H and O–H groups in total. The number of hydrogen-bond donors (Lipinski definition) is 3. The molecule has 0 saturated heterocycles. The number of oxime groups is 1. The number of amides is 1. The lowest BCUT2D eigenvalue weighted by atomic mass is 9.55. The fourth-order valence-corrected chi connectivity index (χ4v) is 9.39. The average Bonchev–Trinajstić information content (AvgIpc) is 3.32. The van der Waals surface area contributed by atoms with Gasteiger partial charge in [0.05, 0.1) is 48.9 Å². The van der Waals surface area contributed by atoms with Gasteiger partial charge in [0, 0.05) is 55.4 Å². The molecule has 16 nitrogen and oxygen atoms in total. The Morgan fingerprint density at radius 2 is 1.75 bits per heavy atom. The lowest BCUT2D eigenvalue weighted by molar-refractivity contribution is -0.384. The quantitative estimate of drug-likeness (QED) is 0.0176. The number of nitrogens with zero attached hydrogens (tertiary/aromatic N) is 3. The number of benzene rings is 3. The van der Waals surface area contributed by atoms with Crippen LogP contribution in [0.15, 0.2) is 96.2 Å². The molecular weight excluding hydrogens is 862 g/mol. The number of aliphatic hydroxyl groups excluding tert-OH is 3. The molecular formula is C48H58ClN3O13. The monoisotopic (exact) mass is 919 g/mol. The predicted octanol–water partition coefficient (Wildman–Crippen LogP) is 7.72. The van der Waals surface area contributed by atoms with Crippen molar-refractivity contribution in [2.24, 2.45) is 22.9 Å². The number of carbonyl (C=O) groups is 2. The van der Waals surface area contributed by atoms with Crippen molar-refractivity contribution in [2.45, 2.75) is 69.3 Å². The highest BCUT2D eigenvalue weighted by atomic mass is 35.5. The van der Waals surface area contributed by atoms with Crippen LogP contribution in [0.25, 0.3) is 0 Å². The van der Waals surface area contributed by atoms with Gasteiger partial charge in [-0.05, 0) is 91.1 Å². The molecule has 0 aromatic heterocycles. The van der Waals surface area contributed by atoms with Gasteiger partial charge in [-0.25, -0.2) is 4.79 Å². The van der Waals surface area contributed by atoms with Crippen LogP contribution in [-0.2, 0) is 25.7 Å². The van der Waals surface area contributed by atoms with Gasteiger partial charge in [0.2, 0.25) is 5.79 Å². The molecule has 1 heterocycles. The largest absolute Gasteiger partial charge is 0.459 e. The molecule has 2 aliphatic carbocycles. The first-order chi connectivity index (χ1) is 31.7. The minimum absolute atomic E-state index is 0.00487. The minimum Gasteiger partial charge on any atom is -0.459 e. The number of allylic oxidation sites excluding steroid dienone is 1. The highest BCUT2D eigenvalue weighted by Gasteiger charge is 2.65. The number of halogens is 1. The molecule has 6 rings (SSSR count).